The van der Waals surface area contributed by atoms with Crippen LogP contribution in [0.5, 0.6) is 0 Å². The van der Waals surface area contributed by atoms with E-state index in [-0.39, 0.29) is 11.1 Å². The van der Waals surface area contributed by atoms with Crippen molar-refractivity contribution in [1.82, 2.24) is 15.0 Å². The molecule has 1 atom stereocenters. The van der Waals surface area contributed by atoms with E-state index in [1.807, 2.05) is 0 Å². The molecular formula is C25H21ClFN5. The van der Waals surface area contributed by atoms with E-state index in [9.17, 15) is 4.39 Å². The zero-order chi connectivity index (χ0) is 22.4. The molecule has 0 radical (unpaired) electrons. The Kier molecular flexibility index (Phi) is 5.07. The first-order chi connectivity index (χ1) is 15.5. The van der Waals surface area contributed by atoms with E-state index in [4.69, 9.17) is 18.2 Å². The predicted octanol–water partition coefficient (Wildman–Crippen LogP) is 6.58. The maximum absolute atomic E-state index is 14.2. The Morgan fingerprint density at radius 3 is 2.72 bits per heavy atom. The summed E-state index contributed by atoms with van der Waals surface area (Å²) in [6.07, 6.45) is 2.34. The number of benzene rings is 2. The third-order valence-electron chi connectivity index (χ3n) is 6.09. The minimum absolute atomic E-state index is 0.118. The summed E-state index contributed by atoms with van der Waals surface area (Å²) in [6, 6.07) is 13.1. The van der Waals surface area contributed by atoms with Gasteiger partial charge >= 0.3 is 5.95 Å². The quantitative estimate of drug-likeness (QED) is 0.362. The molecule has 0 saturated carbocycles. The Bertz CT molecular complexity index is 1350. The Balaban J connectivity index is 1.70. The van der Waals surface area contributed by atoms with E-state index >= 15 is 0 Å². The third kappa shape index (κ3) is 3.39. The van der Waals surface area contributed by atoms with Crippen LogP contribution in [0.1, 0.15) is 48.2 Å². The Labute approximate surface area is 190 Å². The first kappa shape index (κ1) is 20.5. The number of hydrogen-bond acceptors (Lipinski definition) is 3. The summed E-state index contributed by atoms with van der Waals surface area (Å²) in [5.41, 5.74) is 5.15. The van der Waals surface area contributed by atoms with Crippen LogP contribution in [-0.2, 0) is 6.42 Å². The van der Waals surface area contributed by atoms with Gasteiger partial charge in [-0.2, -0.15) is 0 Å². The summed E-state index contributed by atoms with van der Waals surface area (Å²) in [7, 11) is 0. The first-order valence-electron chi connectivity index (χ1n) is 10.5. The summed E-state index contributed by atoms with van der Waals surface area (Å²) in [5, 5.41) is 1.05. The predicted molar refractivity (Wildman–Crippen MR) is 125 cm³/mol. The molecule has 1 N–H and O–H groups in total. The SMILES string of the molecule is [C-]#[N+]c1ccnc(N2CCc3c([nH]c4cc(F)c(Cl)cc34)C2c2ccc(C(C)C)cc2)n1. The van der Waals surface area contributed by atoms with E-state index in [0.29, 0.717) is 24.2 Å². The molecule has 2 aromatic carbocycles. The van der Waals surface area contributed by atoms with Gasteiger partial charge in [0.05, 0.1) is 11.1 Å². The molecule has 0 spiro atoms. The van der Waals surface area contributed by atoms with Crippen molar-refractivity contribution in [3.8, 4) is 0 Å². The van der Waals surface area contributed by atoms with Crippen molar-refractivity contribution in [2.24, 2.45) is 0 Å². The summed E-state index contributed by atoms with van der Waals surface area (Å²) in [5.74, 6) is 0.796. The number of aromatic nitrogens is 3. The van der Waals surface area contributed by atoms with Crippen molar-refractivity contribution < 1.29 is 4.39 Å². The average molecular weight is 446 g/mol. The number of fused-ring (bicyclic) bond motifs is 3. The average Bonchev–Trinajstić information content (AvgIpc) is 3.16. The second-order valence-corrected chi connectivity index (χ2v) is 8.73. The van der Waals surface area contributed by atoms with Crippen LogP contribution in [0.25, 0.3) is 15.7 Å². The van der Waals surface area contributed by atoms with E-state index in [2.05, 4.69) is 62.8 Å². The third-order valence-corrected chi connectivity index (χ3v) is 6.38. The normalized spacial score (nSPS) is 15.8. The topological polar surface area (TPSA) is 49.2 Å². The highest BCUT2D eigenvalue weighted by Crippen LogP contribution is 2.41. The minimum atomic E-state index is -0.444. The molecule has 0 saturated heterocycles. The van der Waals surface area contributed by atoms with Crippen LogP contribution >= 0.6 is 11.6 Å². The summed E-state index contributed by atoms with van der Waals surface area (Å²) < 4.78 is 14.2. The lowest BCUT2D eigenvalue weighted by molar-refractivity contribution is 0.626. The fourth-order valence-electron chi connectivity index (χ4n) is 4.45. The zero-order valence-electron chi connectivity index (χ0n) is 17.7. The lowest BCUT2D eigenvalue weighted by atomic mass is 9.91. The standard InChI is InChI=1S/C25H21ClFN5/c1-14(2)15-4-6-16(7-5-15)24-23-17(18-12-19(26)20(27)13-21(18)30-23)9-11-32(24)25-29-10-8-22(28-3)31-25/h4-8,10,12-14,24,30H,9,11H2,1-2H3. The van der Waals surface area contributed by atoms with Gasteiger partial charge in [0.2, 0.25) is 0 Å². The maximum Gasteiger partial charge on any atom is 0.322 e. The summed E-state index contributed by atoms with van der Waals surface area (Å²) in [4.78, 5) is 17.9. The Morgan fingerprint density at radius 2 is 2.00 bits per heavy atom. The number of H-pyrrole nitrogens is 1. The van der Waals surface area contributed by atoms with Gasteiger partial charge in [-0.1, -0.05) is 61.3 Å². The number of rotatable bonds is 3. The molecule has 160 valence electrons. The van der Waals surface area contributed by atoms with Gasteiger partial charge in [-0.05, 0) is 47.2 Å². The Hall–Kier alpha value is -3.43. The van der Waals surface area contributed by atoms with Crippen LogP contribution in [-0.4, -0.2) is 21.5 Å². The fraction of sp³-hybridized carbons (Fsp3) is 0.240. The fourth-order valence-corrected chi connectivity index (χ4v) is 4.61. The smallest absolute Gasteiger partial charge is 0.322 e. The van der Waals surface area contributed by atoms with Crippen molar-refractivity contribution in [2.45, 2.75) is 32.2 Å². The number of nitrogens with zero attached hydrogens (tertiary/aromatic N) is 4. The van der Waals surface area contributed by atoms with E-state index < -0.39 is 5.82 Å². The van der Waals surface area contributed by atoms with Crippen molar-refractivity contribution in [2.75, 3.05) is 11.4 Å². The van der Waals surface area contributed by atoms with Crippen LogP contribution in [0.15, 0.2) is 48.7 Å². The number of aromatic amines is 1. The van der Waals surface area contributed by atoms with E-state index in [1.54, 1.807) is 18.3 Å². The van der Waals surface area contributed by atoms with Crippen LogP contribution in [0.3, 0.4) is 0 Å². The number of anilines is 1. The molecule has 5 rings (SSSR count). The van der Waals surface area contributed by atoms with E-state index in [0.717, 1.165) is 34.1 Å². The monoisotopic (exact) mass is 445 g/mol. The molecule has 1 aliphatic heterocycles. The van der Waals surface area contributed by atoms with Crippen LogP contribution in [0, 0.1) is 12.4 Å². The molecule has 3 heterocycles. The summed E-state index contributed by atoms with van der Waals surface area (Å²) >= 11 is 6.10. The van der Waals surface area contributed by atoms with Gasteiger partial charge in [-0.15, -0.1) is 0 Å². The van der Waals surface area contributed by atoms with Gasteiger partial charge in [0.25, 0.3) is 5.82 Å². The largest absolute Gasteiger partial charge is 0.360 e. The van der Waals surface area contributed by atoms with Crippen LogP contribution < -0.4 is 4.90 Å². The number of hydrogen-bond donors (Lipinski definition) is 1. The van der Waals surface area contributed by atoms with Gasteiger partial charge in [0.1, 0.15) is 5.82 Å². The molecule has 1 aliphatic rings. The van der Waals surface area contributed by atoms with Crippen molar-refractivity contribution >= 4 is 34.3 Å². The maximum atomic E-state index is 14.2. The highest BCUT2D eigenvalue weighted by atomic mass is 35.5. The molecule has 2 aromatic heterocycles. The molecule has 5 nitrogen and oxygen atoms in total. The molecule has 0 aliphatic carbocycles. The molecule has 7 heteroatoms. The molecular weight excluding hydrogens is 425 g/mol. The molecule has 0 bridgehead atoms. The summed E-state index contributed by atoms with van der Waals surface area (Å²) in [6.45, 7) is 12.3. The lowest BCUT2D eigenvalue weighted by Gasteiger charge is -2.35. The highest BCUT2D eigenvalue weighted by molar-refractivity contribution is 6.31. The van der Waals surface area contributed by atoms with Gasteiger partial charge in [0.15, 0.2) is 0 Å². The van der Waals surface area contributed by atoms with Crippen LogP contribution in [0.2, 0.25) is 5.02 Å². The molecule has 32 heavy (non-hydrogen) atoms. The first-order valence-corrected chi connectivity index (χ1v) is 10.9. The zero-order valence-corrected chi connectivity index (χ0v) is 18.5. The van der Waals surface area contributed by atoms with Gasteiger partial charge in [-0.3, -0.25) is 0 Å². The molecule has 0 fully saturated rings. The van der Waals surface area contributed by atoms with Crippen molar-refractivity contribution in [1.29, 1.82) is 0 Å². The van der Waals surface area contributed by atoms with Gasteiger partial charge in [-0.25, -0.2) is 9.37 Å². The second-order valence-electron chi connectivity index (χ2n) is 8.32. The molecule has 1 unspecified atom stereocenters. The van der Waals surface area contributed by atoms with Crippen molar-refractivity contribution in [3.63, 3.8) is 0 Å². The minimum Gasteiger partial charge on any atom is -0.360 e. The number of nitrogens with one attached hydrogen (secondary N) is 1. The van der Waals surface area contributed by atoms with Crippen LogP contribution in [0.4, 0.5) is 16.2 Å². The number of halogens is 2. The molecule has 4 aromatic rings. The van der Waals surface area contributed by atoms with Gasteiger partial charge < -0.3 is 14.7 Å². The van der Waals surface area contributed by atoms with Gasteiger partial charge in [0, 0.05) is 29.3 Å². The molecule has 0 amide bonds. The second kappa shape index (κ2) is 7.92. The highest BCUT2D eigenvalue weighted by Gasteiger charge is 2.35. The van der Waals surface area contributed by atoms with E-state index in [1.165, 1.54) is 11.6 Å². The lowest BCUT2D eigenvalue weighted by Crippen LogP contribution is -2.37. The van der Waals surface area contributed by atoms with Crippen molar-refractivity contribution in [3.05, 3.63) is 93.3 Å². The Morgan fingerprint density at radius 1 is 1.22 bits per heavy atom.